The lowest BCUT2D eigenvalue weighted by Gasteiger charge is -2.21. The van der Waals surface area contributed by atoms with Crippen LogP contribution in [0.2, 0.25) is 0 Å². The second-order valence-corrected chi connectivity index (χ2v) is 5.50. The summed E-state index contributed by atoms with van der Waals surface area (Å²) in [6.45, 7) is 6.45. The molecule has 0 heterocycles. The molecule has 1 aliphatic carbocycles. The molecular formula is C18H25NO. The number of anilines is 1. The summed E-state index contributed by atoms with van der Waals surface area (Å²) in [5.41, 5.74) is 2.54. The summed E-state index contributed by atoms with van der Waals surface area (Å²) in [6, 6.07) is 8.74. The average molecular weight is 271 g/mol. The SMILES string of the molecule is CCN(CC)c1ccc(C=CC2CCC(=O)CC2)cc1. The van der Waals surface area contributed by atoms with Crippen LogP contribution in [0, 0.1) is 5.92 Å². The highest BCUT2D eigenvalue weighted by molar-refractivity contribution is 5.79. The molecule has 1 aliphatic rings. The molecule has 0 bridgehead atoms. The molecule has 0 spiro atoms. The van der Waals surface area contributed by atoms with Gasteiger partial charge < -0.3 is 4.90 Å². The van der Waals surface area contributed by atoms with Crippen LogP contribution in [-0.2, 0) is 4.79 Å². The molecule has 2 nitrogen and oxygen atoms in total. The van der Waals surface area contributed by atoms with Crippen molar-refractivity contribution in [3.8, 4) is 0 Å². The molecule has 0 atom stereocenters. The Balaban J connectivity index is 1.94. The fourth-order valence-corrected chi connectivity index (χ4v) is 2.79. The van der Waals surface area contributed by atoms with E-state index in [1.54, 1.807) is 0 Å². The van der Waals surface area contributed by atoms with Gasteiger partial charge in [0.05, 0.1) is 0 Å². The third kappa shape index (κ3) is 3.96. The first-order chi connectivity index (χ1) is 9.72. The van der Waals surface area contributed by atoms with Gasteiger partial charge in [-0.1, -0.05) is 24.3 Å². The largest absolute Gasteiger partial charge is 0.372 e. The third-order valence-corrected chi connectivity index (χ3v) is 4.17. The molecule has 0 radical (unpaired) electrons. The lowest BCUT2D eigenvalue weighted by atomic mass is 9.88. The van der Waals surface area contributed by atoms with E-state index in [0.717, 1.165) is 38.8 Å². The average Bonchev–Trinajstić information content (AvgIpc) is 2.49. The molecule has 0 aromatic heterocycles. The van der Waals surface area contributed by atoms with E-state index in [4.69, 9.17) is 0 Å². The topological polar surface area (TPSA) is 20.3 Å². The van der Waals surface area contributed by atoms with Gasteiger partial charge >= 0.3 is 0 Å². The molecule has 1 fully saturated rings. The summed E-state index contributed by atoms with van der Waals surface area (Å²) in [7, 11) is 0. The quantitative estimate of drug-likeness (QED) is 0.795. The summed E-state index contributed by atoms with van der Waals surface area (Å²) in [5, 5.41) is 0. The molecule has 2 rings (SSSR count). The maximum absolute atomic E-state index is 11.2. The summed E-state index contributed by atoms with van der Waals surface area (Å²) in [4.78, 5) is 13.6. The highest BCUT2D eigenvalue weighted by Gasteiger charge is 2.15. The number of hydrogen-bond donors (Lipinski definition) is 0. The number of allylic oxidation sites excluding steroid dienone is 1. The van der Waals surface area contributed by atoms with Crippen LogP contribution in [0.3, 0.4) is 0 Å². The first-order valence-electron chi connectivity index (χ1n) is 7.77. The zero-order valence-electron chi connectivity index (χ0n) is 12.6. The van der Waals surface area contributed by atoms with Crippen molar-refractivity contribution in [2.75, 3.05) is 18.0 Å². The third-order valence-electron chi connectivity index (χ3n) is 4.17. The van der Waals surface area contributed by atoms with Gasteiger partial charge in [-0.3, -0.25) is 4.79 Å². The number of benzene rings is 1. The van der Waals surface area contributed by atoms with E-state index in [1.807, 2.05) is 0 Å². The van der Waals surface area contributed by atoms with E-state index < -0.39 is 0 Å². The van der Waals surface area contributed by atoms with Gasteiger partial charge in [-0.2, -0.15) is 0 Å². The van der Waals surface area contributed by atoms with Crippen LogP contribution >= 0.6 is 0 Å². The second kappa shape index (κ2) is 7.28. The van der Waals surface area contributed by atoms with Gasteiger partial charge in [-0.15, -0.1) is 0 Å². The smallest absolute Gasteiger partial charge is 0.132 e. The number of ketones is 1. The Morgan fingerprint density at radius 3 is 2.25 bits per heavy atom. The van der Waals surface area contributed by atoms with Gasteiger partial charge in [0.15, 0.2) is 0 Å². The van der Waals surface area contributed by atoms with Crippen LogP contribution in [0.1, 0.15) is 45.1 Å². The zero-order chi connectivity index (χ0) is 14.4. The number of Topliss-reactive ketones (excluding diaryl/α,β-unsaturated/α-hetero) is 1. The molecule has 0 saturated heterocycles. The van der Waals surface area contributed by atoms with Crippen LogP contribution in [0.4, 0.5) is 5.69 Å². The minimum Gasteiger partial charge on any atom is -0.372 e. The van der Waals surface area contributed by atoms with Crippen LogP contribution in [0.25, 0.3) is 6.08 Å². The number of hydrogen-bond acceptors (Lipinski definition) is 2. The molecule has 0 aliphatic heterocycles. The van der Waals surface area contributed by atoms with Gasteiger partial charge in [0.25, 0.3) is 0 Å². The summed E-state index contributed by atoms with van der Waals surface area (Å²) in [6.07, 6.45) is 8.04. The van der Waals surface area contributed by atoms with Crippen LogP contribution in [-0.4, -0.2) is 18.9 Å². The van der Waals surface area contributed by atoms with Crippen molar-refractivity contribution >= 4 is 17.5 Å². The second-order valence-electron chi connectivity index (χ2n) is 5.50. The number of carbonyl (C=O) groups excluding carboxylic acids is 1. The molecule has 0 unspecified atom stereocenters. The predicted molar refractivity (Wildman–Crippen MR) is 86.0 cm³/mol. The van der Waals surface area contributed by atoms with Crippen LogP contribution < -0.4 is 4.90 Å². The van der Waals surface area contributed by atoms with E-state index in [-0.39, 0.29) is 0 Å². The molecule has 1 aromatic rings. The summed E-state index contributed by atoms with van der Waals surface area (Å²) < 4.78 is 0. The Bertz CT molecular complexity index is 447. The lowest BCUT2D eigenvalue weighted by molar-refractivity contribution is -0.120. The number of carbonyl (C=O) groups is 1. The molecule has 0 amide bonds. The van der Waals surface area contributed by atoms with Gasteiger partial charge in [0, 0.05) is 31.6 Å². The van der Waals surface area contributed by atoms with E-state index >= 15 is 0 Å². The monoisotopic (exact) mass is 271 g/mol. The normalized spacial score (nSPS) is 16.8. The first-order valence-corrected chi connectivity index (χ1v) is 7.77. The van der Waals surface area contributed by atoms with Crippen molar-refractivity contribution in [3.63, 3.8) is 0 Å². The van der Waals surface area contributed by atoms with Crippen LogP contribution in [0.15, 0.2) is 30.3 Å². The van der Waals surface area contributed by atoms with E-state index in [9.17, 15) is 4.79 Å². The van der Waals surface area contributed by atoms with Crippen molar-refractivity contribution < 1.29 is 4.79 Å². The Labute approximate surface area is 122 Å². The molecule has 20 heavy (non-hydrogen) atoms. The first kappa shape index (κ1) is 14.8. The van der Waals surface area contributed by atoms with Crippen molar-refractivity contribution in [1.82, 2.24) is 0 Å². The Hall–Kier alpha value is -1.57. The molecule has 1 aromatic carbocycles. The molecule has 108 valence electrons. The predicted octanol–water partition coefficient (Wildman–Crippen LogP) is 4.31. The van der Waals surface area contributed by atoms with Crippen LogP contribution in [0.5, 0.6) is 0 Å². The zero-order valence-corrected chi connectivity index (χ0v) is 12.6. The summed E-state index contributed by atoms with van der Waals surface area (Å²) in [5.74, 6) is 1.01. The Morgan fingerprint density at radius 1 is 1.10 bits per heavy atom. The van der Waals surface area contributed by atoms with Crippen molar-refractivity contribution in [1.29, 1.82) is 0 Å². The van der Waals surface area contributed by atoms with Crippen molar-refractivity contribution in [3.05, 3.63) is 35.9 Å². The fraction of sp³-hybridized carbons (Fsp3) is 0.500. The maximum Gasteiger partial charge on any atom is 0.132 e. The Morgan fingerprint density at radius 2 is 1.70 bits per heavy atom. The minimum atomic E-state index is 0.429. The molecule has 2 heteroatoms. The van der Waals surface area contributed by atoms with Crippen molar-refractivity contribution in [2.24, 2.45) is 5.92 Å². The number of rotatable bonds is 5. The van der Waals surface area contributed by atoms with E-state index in [1.165, 1.54) is 11.3 Å². The van der Waals surface area contributed by atoms with Crippen molar-refractivity contribution in [2.45, 2.75) is 39.5 Å². The van der Waals surface area contributed by atoms with Gasteiger partial charge in [-0.25, -0.2) is 0 Å². The number of nitrogens with zero attached hydrogens (tertiary/aromatic N) is 1. The van der Waals surface area contributed by atoms with E-state index in [0.29, 0.717) is 11.7 Å². The highest BCUT2D eigenvalue weighted by Crippen LogP contribution is 2.24. The molecule has 0 N–H and O–H groups in total. The minimum absolute atomic E-state index is 0.429. The van der Waals surface area contributed by atoms with Gasteiger partial charge in [0.2, 0.25) is 0 Å². The molecule has 1 saturated carbocycles. The van der Waals surface area contributed by atoms with E-state index in [2.05, 4.69) is 55.2 Å². The Kier molecular flexibility index (Phi) is 5.40. The molecular weight excluding hydrogens is 246 g/mol. The summed E-state index contributed by atoms with van der Waals surface area (Å²) >= 11 is 0. The maximum atomic E-state index is 11.2. The standard InChI is InChI=1S/C18H25NO/c1-3-19(4-2)17-11-7-15(8-12-17)5-6-16-9-13-18(20)14-10-16/h5-8,11-12,16H,3-4,9-10,13-14H2,1-2H3. The van der Waals surface area contributed by atoms with Gasteiger partial charge in [0.1, 0.15) is 5.78 Å². The van der Waals surface area contributed by atoms with Gasteiger partial charge in [-0.05, 0) is 50.3 Å². The highest BCUT2D eigenvalue weighted by atomic mass is 16.1. The lowest BCUT2D eigenvalue weighted by Crippen LogP contribution is -2.21. The fourth-order valence-electron chi connectivity index (χ4n) is 2.79.